The Balaban J connectivity index is 1.58. The van der Waals surface area contributed by atoms with Gasteiger partial charge < -0.3 is 15.5 Å². The number of carboxylic acids is 1. The van der Waals surface area contributed by atoms with Crippen molar-refractivity contribution in [2.75, 3.05) is 6.54 Å². The second kappa shape index (κ2) is 9.88. The van der Waals surface area contributed by atoms with E-state index in [1.54, 1.807) is 0 Å². The van der Waals surface area contributed by atoms with Gasteiger partial charge in [0.25, 0.3) is 0 Å². The molecule has 0 fully saturated rings. The molecule has 3 rings (SSSR count). The average molecular weight is 432 g/mol. The second-order valence-electron chi connectivity index (χ2n) is 9.26. The SMILES string of the molecule is CC(C)(CC1Cc2ccccc2C1)NC[C@@H](O)c1cc(CCCC(=O)O)cc(F)c1F. The number of fused-ring (bicyclic) bond motifs is 1. The van der Waals surface area contributed by atoms with Gasteiger partial charge in [0.1, 0.15) is 0 Å². The summed E-state index contributed by atoms with van der Waals surface area (Å²) in [5.41, 5.74) is 2.89. The molecule has 31 heavy (non-hydrogen) atoms. The molecule has 0 saturated heterocycles. The number of β-amino-alcohol motifs (C(OH)–C–C–N with tert-alkyl or cyclic N) is 1. The van der Waals surface area contributed by atoms with Crippen molar-refractivity contribution in [1.29, 1.82) is 0 Å². The van der Waals surface area contributed by atoms with Crippen molar-refractivity contribution < 1.29 is 23.8 Å². The third-order valence-corrected chi connectivity index (χ3v) is 6.04. The van der Waals surface area contributed by atoms with Crippen molar-refractivity contribution in [1.82, 2.24) is 5.32 Å². The fourth-order valence-corrected chi connectivity index (χ4v) is 4.57. The molecule has 2 aromatic carbocycles. The molecular formula is C25H31F2NO3. The van der Waals surface area contributed by atoms with Crippen LogP contribution in [0.4, 0.5) is 8.78 Å². The molecule has 1 aliphatic rings. The van der Waals surface area contributed by atoms with E-state index in [2.05, 4.69) is 43.4 Å². The molecule has 1 aliphatic carbocycles. The normalized spacial score (nSPS) is 15.1. The van der Waals surface area contributed by atoms with Gasteiger partial charge in [-0.1, -0.05) is 30.3 Å². The largest absolute Gasteiger partial charge is 0.481 e. The molecule has 3 N–H and O–H groups in total. The Morgan fingerprint density at radius 2 is 1.84 bits per heavy atom. The number of aliphatic carboxylic acids is 1. The van der Waals surface area contributed by atoms with E-state index in [1.807, 2.05) is 0 Å². The van der Waals surface area contributed by atoms with Gasteiger partial charge in [-0.25, -0.2) is 8.78 Å². The Kier molecular flexibility index (Phi) is 7.44. The zero-order chi connectivity index (χ0) is 22.6. The molecule has 0 spiro atoms. The molecule has 0 heterocycles. The molecule has 1 atom stereocenters. The first-order valence-corrected chi connectivity index (χ1v) is 10.8. The van der Waals surface area contributed by atoms with Gasteiger partial charge in [-0.3, -0.25) is 4.79 Å². The zero-order valence-electron chi connectivity index (χ0n) is 18.1. The van der Waals surface area contributed by atoms with Crippen LogP contribution < -0.4 is 5.32 Å². The quantitative estimate of drug-likeness (QED) is 0.515. The maximum atomic E-state index is 14.3. The van der Waals surface area contributed by atoms with E-state index >= 15 is 0 Å². The Morgan fingerprint density at radius 1 is 1.19 bits per heavy atom. The number of carboxylic acid groups (broad SMARTS) is 1. The maximum Gasteiger partial charge on any atom is 0.303 e. The van der Waals surface area contributed by atoms with E-state index in [1.165, 1.54) is 17.2 Å². The summed E-state index contributed by atoms with van der Waals surface area (Å²) in [6, 6.07) is 11.0. The molecule has 0 amide bonds. The number of carbonyl (C=O) groups is 1. The van der Waals surface area contributed by atoms with Crippen molar-refractivity contribution in [2.45, 2.75) is 64.0 Å². The van der Waals surface area contributed by atoms with Crippen molar-refractivity contribution in [3.8, 4) is 0 Å². The van der Waals surface area contributed by atoms with Crippen molar-refractivity contribution >= 4 is 5.97 Å². The minimum absolute atomic E-state index is 0.0440. The van der Waals surface area contributed by atoms with E-state index in [0.717, 1.165) is 25.3 Å². The third-order valence-electron chi connectivity index (χ3n) is 6.04. The highest BCUT2D eigenvalue weighted by Crippen LogP contribution is 2.32. The van der Waals surface area contributed by atoms with Crippen LogP contribution in [0.25, 0.3) is 0 Å². The number of nitrogens with one attached hydrogen (secondary N) is 1. The molecule has 2 aromatic rings. The lowest BCUT2D eigenvalue weighted by molar-refractivity contribution is -0.137. The first kappa shape index (κ1) is 23.4. The molecular weight excluding hydrogens is 400 g/mol. The molecule has 0 aliphatic heterocycles. The Morgan fingerprint density at radius 3 is 2.45 bits per heavy atom. The summed E-state index contributed by atoms with van der Waals surface area (Å²) in [7, 11) is 0. The standard InChI is InChI=1S/C25H31F2NO3/c1-25(2,14-17-10-18-7-3-4-8-19(18)11-17)28-15-22(29)20-12-16(6-5-9-23(30)31)13-21(26)24(20)27/h3-4,7-8,12-13,17,22,28-29H,5-6,9-11,14-15H2,1-2H3,(H,30,31)/t22-/m1/s1. The van der Waals surface area contributed by atoms with E-state index < -0.39 is 23.7 Å². The zero-order valence-corrected chi connectivity index (χ0v) is 18.1. The summed E-state index contributed by atoms with van der Waals surface area (Å²) >= 11 is 0. The van der Waals surface area contributed by atoms with Gasteiger partial charge in [0.05, 0.1) is 6.10 Å². The van der Waals surface area contributed by atoms with Crippen molar-refractivity contribution in [2.24, 2.45) is 5.92 Å². The summed E-state index contributed by atoms with van der Waals surface area (Å²) in [6.45, 7) is 4.21. The number of benzene rings is 2. The van der Waals surface area contributed by atoms with Crippen LogP contribution in [0.3, 0.4) is 0 Å². The summed E-state index contributed by atoms with van der Waals surface area (Å²) in [4.78, 5) is 10.7. The van der Waals surface area contributed by atoms with Crippen LogP contribution in [0.5, 0.6) is 0 Å². The van der Waals surface area contributed by atoms with Crippen LogP contribution in [0, 0.1) is 17.6 Å². The number of rotatable bonds is 10. The van der Waals surface area contributed by atoms with Gasteiger partial charge in [0.2, 0.25) is 0 Å². The highest BCUT2D eigenvalue weighted by atomic mass is 19.2. The monoisotopic (exact) mass is 431 g/mol. The van der Waals surface area contributed by atoms with Crippen LogP contribution in [-0.4, -0.2) is 28.3 Å². The lowest BCUT2D eigenvalue weighted by atomic mass is 9.88. The number of aliphatic hydroxyl groups is 1. The maximum absolute atomic E-state index is 14.3. The first-order chi connectivity index (χ1) is 14.6. The predicted molar refractivity (Wildman–Crippen MR) is 116 cm³/mol. The van der Waals surface area contributed by atoms with Gasteiger partial charge in [-0.2, -0.15) is 0 Å². The van der Waals surface area contributed by atoms with Crippen molar-refractivity contribution in [3.63, 3.8) is 0 Å². The van der Waals surface area contributed by atoms with E-state index in [-0.39, 0.29) is 24.1 Å². The van der Waals surface area contributed by atoms with Crippen molar-refractivity contribution in [3.05, 3.63) is 70.3 Å². The highest BCUT2D eigenvalue weighted by molar-refractivity contribution is 5.66. The van der Waals surface area contributed by atoms with Gasteiger partial charge >= 0.3 is 5.97 Å². The molecule has 6 heteroatoms. The van der Waals surface area contributed by atoms with Crippen LogP contribution in [0.2, 0.25) is 0 Å². The molecule has 0 radical (unpaired) electrons. The van der Waals surface area contributed by atoms with Crippen LogP contribution in [0.1, 0.15) is 61.5 Å². The number of aryl methyl sites for hydroxylation is 1. The van der Waals surface area contributed by atoms with Gasteiger partial charge in [0, 0.05) is 24.1 Å². The summed E-state index contributed by atoms with van der Waals surface area (Å²) in [6.07, 6.45) is 2.35. The first-order valence-electron chi connectivity index (χ1n) is 10.8. The number of halogens is 2. The van der Waals surface area contributed by atoms with Gasteiger partial charge in [0.15, 0.2) is 11.6 Å². The fraction of sp³-hybridized carbons (Fsp3) is 0.480. The molecule has 0 saturated carbocycles. The summed E-state index contributed by atoms with van der Waals surface area (Å²) in [5, 5.41) is 22.6. The fourth-order valence-electron chi connectivity index (χ4n) is 4.57. The van der Waals surface area contributed by atoms with Crippen LogP contribution in [0.15, 0.2) is 36.4 Å². The van der Waals surface area contributed by atoms with Gasteiger partial charge in [-0.15, -0.1) is 0 Å². The lowest BCUT2D eigenvalue weighted by Gasteiger charge is -2.30. The minimum atomic E-state index is -1.20. The molecule has 168 valence electrons. The number of hydrogen-bond acceptors (Lipinski definition) is 3. The minimum Gasteiger partial charge on any atom is -0.481 e. The number of hydrogen-bond donors (Lipinski definition) is 3. The summed E-state index contributed by atoms with van der Waals surface area (Å²) < 4.78 is 28.4. The Hall–Kier alpha value is -2.31. The molecule has 0 unspecified atom stereocenters. The average Bonchev–Trinajstić information content (AvgIpc) is 3.10. The summed E-state index contributed by atoms with van der Waals surface area (Å²) in [5.74, 6) is -2.51. The van der Waals surface area contributed by atoms with E-state index in [0.29, 0.717) is 24.3 Å². The third kappa shape index (κ3) is 6.34. The van der Waals surface area contributed by atoms with Gasteiger partial charge in [-0.05, 0) is 74.6 Å². The molecule has 0 bridgehead atoms. The highest BCUT2D eigenvalue weighted by Gasteiger charge is 2.29. The van der Waals surface area contributed by atoms with Crippen LogP contribution >= 0.6 is 0 Å². The second-order valence-corrected chi connectivity index (χ2v) is 9.26. The van der Waals surface area contributed by atoms with E-state index in [9.17, 15) is 18.7 Å². The predicted octanol–water partition coefficient (Wildman–Crippen LogP) is 4.58. The topological polar surface area (TPSA) is 69.6 Å². The Bertz CT molecular complexity index is 904. The molecule has 4 nitrogen and oxygen atoms in total. The smallest absolute Gasteiger partial charge is 0.303 e. The molecule has 0 aromatic heterocycles. The van der Waals surface area contributed by atoms with Crippen LogP contribution in [-0.2, 0) is 24.1 Å². The van der Waals surface area contributed by atoms with E-state index in [4.69, 9.17) is 5.11 Å². The number of aliphatic hydroxyl groups excluding tert-OH is 1. The Labute approximate surface area is 182 Å². The lowest BCUT2D eigenvalue weighted by Crippen LogP contribution is -2.43.